The smallest absolute Gasteiger partial charge is 0.221 e. The molecule has 1 fully saturated rings. The summed E-state index contributed by atoms with van der Waals surface area (Å²) in [6.45, 7) is 2.72. The van der Waals surface area contributed by atoms with E-state index in [1.54, 1.807) is 0 Å². The van der Waals surface area contributed by atoms with Gasteiger partial charge < -0.3 is 15.5 Å². The minimum atomic E-state index is -0.736. The van der Waals surface area contributed by atoms with Gasteiger partial charge in [0.25, 0.3) is 0 Å². The average Bonchev–Trinajstić information content (AvgIpc) is 3.30. The lowest BCUT2D eigenvalue weighted by atomic mass is 9.97. The number of carbonyl (C=O) groups is 2. The fourth-order valence-electron chi connectivity index (χ4n) is 4.28. The van der Waals surface area contributed by atoms with E-state index in [-0.39, 0.29) is 41.9 Å². The van der Waals surface area contributed by atoms with Crippen molar-refractivity contribution in [2.45, 2.75) is 38.8 Å². The summed E-state index contributed by atoms with van der Waals surface area (Å²) >= 11 is 0. The van der Waals surface area contributed by atoms with E-state index < -0.39 is 11.6 Å². The molecule has 4 rings (SSSR count). The molecule has 1 unspecified atom stereocenters. The molecular formula is C26H28F2N4O3. The van der Waals surface area contributed by atoms with Crippen LogP contribution in [0.3, 0.4) is 0 Å². The second-order valence-electron chi connectivity index (χ2n) is 8.82. The molecule has 0 spiro atoms. The lowest BCUT2D eigenvalue weighted by Gasteiger charge is -2.31. The van der Waals surface area contributed by atoms with Crippen LogP contribution in [-0.2, 0) is 29.1 Å². The van der Waals surface area contributed by atoms with Gasteiger partial charge in [-0.1, -0.05) is 24.3 Å². The van der Waals surface area contributed by atoms with Crippen LogP contribution in [0.15, 0.2) is 53.1 Å². The highest BCUT2D eigenvalue weighted by Crippen LogP contribution is 2.24. The molecule has 1 aromatic heterocycles. The van der Waals surface area contributed by atoms with E-state index in [1.165, 1.54) is 12.3 Å². The van der Waals surface area contributed by atoms with Crippen LogP contribution in [0.4, 0.5) is 8.78 Å². The van der Waals surface area contributed by atoms with Crippen LogP contribution in [0.1, 0.15) is 36.3 Å². The summed E-state index contributed by atoms with van der Waals surface area (Å²) in [7, 11) is 0. The van der Waals surface area contributed by atoms with E-state index >= 15 is 0 Å². The Hall–Kier alpha value is -3.59. The molecule has 184 valence electrons. The van der Waals surface area contributed by atoms with E-state index in [2.05, 4.69) is 15.2 Å². The molecule has 3 N–H and O–H groups in total. The molecule has 1 aliphatic heterocycles. The predicted octanol–water partition coefficient (Wildman–Crippen LogP) is 3.57. The molecule has 0 radical (unpaired) electrons. The first-order chi connectivity index (χ1) is 16.9. The van der Waals surface area contributed by atoms with E-state index in [0.717, 1.165) is 49.2 Å². The molecule has 1 atom stereocenters. The quantitative estimate of drug-likeness (QED) is 0.486. The van der Waals surface area contributed by atoms with Crippen LogP contribution in [-0.4, -0.2) is 34.8 Å². The fourth-order valence-corrected chi connectivity index (χ4v) is 4.28. The molecule has 3 aromatic rings. The van der Waals surface area contributed by atoms with Crippen molar-refractivity contribution in [2.75, 3.05) is 13.1 Å². The second-order valence-corrected chi connectivity index (χ2v) is 8.82. The van der Waals surface area contributed by atoms with Crippen LogP contribution in [0, 0.1) is 17.6 Å². The summed E-state index contributed by atoms with van der Waals surface area (Å²) in [6, 6.07) is 11.2. The van der Waals surface area contributed by atoms with Gasteiger partial charge in [0.05, 0.1) is 17.7 Å². The molecule has 0 aliphatic carbocycles. The third-order valence-electron chi connectivity index (χ3n) is 6.11. The minimum absolute atomic E-state index is 0.0966. The first-order valence-electron chi connectivity index (χ1n) is 11.6. The van der Waals surface area contributed by atoms with E-state index in [9.17, 15) is 18.4 Å². The third kappa shape index (κ3) is 6.73. The molecule has 1 saturated heterocycles. The Bertz CT molecular complexity index is 1200. The highest BCUT2D eigenvalue weighted by molar-refractivity contribution is 5.77. The lowest BCUT2D eigenvalue weighted by molar-refractivity contribution is -0.123. The Labute approximate surface area is 202 Å². The summed E-state index contributed by atoms with van der Waals surface area (Å²) in [6.07, 6.45) is 3.58. The standard InChI is InChI=1S/C26H28F2N4O3/c27-20-6-7-21(22(28)12-20)23-14-31-25(35-23)9-8-24(33)30-13-17-3-1-4-18(11-17)15-32-10-2-5-19(16-32)26(29)34/h1,3-4,6-7,11-12,14,19H,2,5,8-10,13,15-16H2,(H2,29,34)(H,30,33). The summed E-state index contributed by atoms with van der Waals surface area (Å²) in [5.41, 5.74) is 7.68. The fraction of sp³-hybridized carbons (Fsp3) is 0.346. The number of primary amides is 1. The number of piperidine rings is 1. The Morgan fingerprint density at radius 1 is 1.17 bits per heavy atom. The number of benzene rings is 2. The number of oxazole rings is 1. The van der Waals surface area contributed by atoms with Crippen LogP contribution < -0.4 is 11.1 Å². The molecule has 0 saturated carbocycles. The number of likely N-dealkylation sites (tertiary alicyclic amines) is 1. The Kier molecular flexibility index (Phi) is 7.87. The zero-order valence-electron chi connectivity index (χ0n) is 19.3. The van der Waals surface area contributed by atoms with Crippen LogP contribution in [0.25, 0.3) is 11.3 Å². The number of aromatic nitrogens is 1. The zero-order valence-corrected chi connectivity index (χ0v) is 19.3. The number of nitrogens with two attached hydrogens (primary N) is 1. The van der Waals surface area contributed by atoms with Gasteiger partial charge in [0, 0.05) is 38.5 Å². The number of hydrogen-bond donors (Lipinski definition) is 2. The number of nitrogens with one attached hydrogen (secondary N) is 1. The molecule has 0 bridgehead atoms. The first kappa shape index (κ1) is 24.5. The van der Waals surface area contributed by atoms with E-state index in [0.29, 0.717) is 19.0 Å². The van der Waals surface area contributed by atoms with Gasteiger partial charge >= 0.3 is 0 Å². The van der Waals surface area contributed by atoms with Gasteiger partial charge in [-0.25, -0.2) is 13.8 Å². The second kappa shape index (κ2) is 11.2. The van der Waals surface area contributed by atoms with Crippen molar-refractivity contribution in [1.82, 2.24) is 15.2 Å². The molecule has 7 nitrogen and oxygen atoms in total. The van der Waals surface area contributed by atoms with Crippen LogP contribution >= 0.6 is 0 Å². The number of rotatable bonds is 9. The van der Waals surface area contributed by atoms with Gasteiger partial charge in [-0.3, -0.25) is 14.5 Å². The Balaban J connectivity index is 1.25. The number of aryl methyl sites for hydroxylation is 1. The lowest BCUT2D eigenvalue weighted by Crippen LogP contribution is -2.40. The molecular weight excluding hydrogens is 454 g/mol. The summed E-state index contributed by atoms with van der Waals surface area (Å²) in [4.78, 5) is 30.2. The number of carbonyl (C=O) groups excluding carboxylic acids is 2. The molecule has 35 heavy (non-hydrogen) atoms. The monoisotopic (exact) mass is 482 g/mol. The van der Waals surface area contributed by atoms with Crippen molar-refractivity contribution in [3.63, 3.8) is 0 Å². The minimum Gasteiger partial charge on any atom is -0.441 e. The zero-order chi connectivity index (χ0) is 24.8. The van der Waals surface area contributed by atoms with Crippen LogP contribution in [0.5, 0.6) is 0 Å². The highest BCUT2D eigenvalue weighted by Gasteiger charge is 2.23. The summed E-state index contributed by atoms with van der Waals surface area (Å²) in [5.74, 6) is -1.42. The highest BCUT2D eigenvalue weighted by atomic mass is 19.1. The van der Waals surface area contributed by atoms with Gasteiger partial charge in [0.2, 0.25) is 11.8 Å². The average molecular weight is 483 g/mol. The SMILES string of the molecule is NC(=O)C1CCCN(Cc2cccc(CNC(=O)CCc3ncc(-c4ccc(F)cc4F)o3)c2)C1. The number of nitrogens with zero attached hydrogens (tertiary/aromatic N) is 2. The summed E-state index contributed by atoms with van der Waals surface area (Å²) < 4.78 is 32.5. The van der Waals surface area contributed by atoms with Crippen molar-refractivity contribution in [3.8, 4) is 11.3 Å². The first-order valence-corrected chi connectivity index (χ1v) is 11.6. The third-order valence-corrected chi connectivity index (χ3v) is 6.11. The summed E-state index contributed by atoms with van der Waals surface area (Å²) in [5, 5.41) is 2.89. The number of amides is 2. The molecule has 2 amide bonds. The largest absolute Gasteiger partial charge is 0.441 e. The van der Waals surface area contributed by atoms with Gasteiger partial charge in [0.1, 0.15) is 11.6 Å². The van der Waals surface area contributed by atoms with Crippen molar-refractivity contribution < 1.29 is 22.8 Å². The number of hydrogen-bond acceptors (Lipinski definition) is 5. The normalized spacial score (nSPS) is 16.2. The topological polar surface area (TPSA) is 101 Å². The van der Waals surface area contributed by atoms with Crippen molar-refractivity contribution in [2.24, 2.45) is 11.7 Å². The molecule has 1 aliphatic rings. The molecule has 9 heteroatoms. The van der Waals surface area contributed by atoms with E-state index in [1.807, 2.05) is 24.3 Å². The van der Waals surface area contributed by atoms with Crippen molar-refractivity contribution in [1.29, 1.82) is 0 Å². The van der Waals surface area contributed by atoms with Crippen molar-refractivity contribution >= 4 is 11.8 Å². The van der Waals surface area contributed by atoms with E-state index in [4.69, 9.17) is 10.2 Å². The maximum atomic E-state index is 13.9. The molecule has 2 aromatic carbocycles. The van der Waals surface area contributed by atoms with Crippen LogP contribution in [0.2, 0.25) is 0 Å². The number of halogens is 2. The Morgan fingerprint density at radius 3 is 2.80 bits per heavy atom. The maximum Gasteiger partial charge on any atom is 0.221 e. The maximum absolute atomic E-state index is 13.9. The predicted molar refractivity (Wildman–Crippen MR) is 126 cm³/mol. The van der Waals surface area contributed by atoms with Gasteiger partial charge in [0.15, 0.2) is 11.7 Å². The van der Waals surface area contributed by atoms with Crippen molar-refractivity contribution in [3.05, 3.63) is 77.3 Å². The molecule has 2 heterocycles. The van der Waals surface area contributed by atoms with Gasteiger partial charge in [-0.05, 0) is 42.6 Å². The van der Waals surface area contributed by atoms with Gasteiger partial charge in [-0.15, -0.1) is 0 Å². The Morgan fingerprint density at radius 2 is 2.00 bits per heavy atom. The van der Waals surface area contributed by atoms with Gasteiger partial charge in [-0.2, -0.15) is 0 Å².